The monoisotopic (exact) mass is 329 g/mol. The summed E-state index contributed by atoms with van der Waals surface area (Å²) in [6.45, 7) is 2.09. The van der Waals surface area contributed by atoms with Gasteiger partial charge in [-0.2, -0.15) is 4.31 Å². The average molecular weight is 329 g/mol. The van der Waals surface area contributed by atoms with Crippen LogP contribution in [0.3, 0.4) is 0 Å². The third-order valence-corrected chi connectivity index (χ3v) is 5.04. The Kier molecular flexibility index (Phi) is 4.70. The Bertz CT molecular complexity index is 638. The molecule has 0 aromatic heterocycles. The molecule has 1 aliphatic rings. The minimum Gasteiger partial charge on any atom is -0.497 e. The standard InChI is InChI=1S/C13H19N3O3S2/c1-19-10-3-4-11(13(14)20)12(9-10)15-5-7-16(8-6-15)21(2,17)18/h3-4,9H,5-8H2,1-2H3,(H2,14,20). The minimum atomic E-state index is -3.14. The summed E-state index contributed by atoms with van der Waals surface area (Å²) in [4.78, 5) is 2.40. The summed E-state index contributed by atoms with van der Waals surface area (Å²) in [5.74, 6) is 0.718. The van der Waals surface area contributed by atoms with Gasteiger partial charge in [0.2, 0.25) is 10.0 Å². The van der Waals surface area contributed by atoms with Gasteiger partial charge in [-0.25, -0.2) is 8.42 Å². The number of piperazine rings is 1. The van der Waals surface area contributed by atoms with Crippen molar-refractivity contribution in [2.45, 2.75) is 0 Å². The van der Waals surface area contributed by atoms with Gasteiger partial charge in [-0.05, 0) is 12.1 Å². The maximum absolute atomic E-state index is 11.6. The first-order chi connectivity index (χ1) is 9.82. The predicted molar refractivity (Wildman–Crippen MR) is 87.5 cm³/mol. The van der Waals surface area contributed by atoms with E-state index in [0.29, 0.717) is 31.2 Å². The number of methoxy groups -OCH3 is 1. The molecule has 0 atom stereocenters. The van der Waals surface area contributed by atoms with E-state index in [-0.39, 0.29) is 0 Å². The van der Waals surface area contributed by atoms with Crippen LogP contribution in [0.2, 0.25) is 0 Å². The molecule has 1 aromatic rings. The van der Waals surface area contributed by atoms with Crippen molar-refractivity contribution in [3.63, 3.8) is 0 Å². The summed E-state index contributed by atoms with van der Waals surface area (Å²) >= 11 is 5.08. The van der Waals surface area contributed by atoms with Crippen LogP contribution in [-0.4, -0.2) is 57.3 Å². The lowest BCUT2D eigenvalue weighted by molar-refractivity contribution is 0.387. The van der Waals surface area contributed by atoms with Crippen molar-refractivity contribution in [3.05, 3.63) is 23.8 Å². The van der Waals surface area contributed by atoms with Crippen LogP contribution in [-0.2, 0) is 10.0 Å². The molecular formula is C13H19N3O3S2. The van der Waals surface area contributed by atoms with Crippen molar-refractivity contribution in [1.29, 1.82) is 0 Å². The Morgan fingerprint density at radius 2 is 1.90 bits per heavy atom. The van der Waals surface area contributed by atoms with Crippen LogP contribution in [0.1, 0.15) is 5.56 Å². The molecule has 1 saturated heterocycles. The summed E-state index contributed by atoms with van der Waals surface area (Å²) in [5, 5.41) is 0. The van der Waals surface area contributed by atoms with Gasteiger partial charge in [0.25, 0.3) is 0 Å². The molecule has 6 nitrogen and oxygen atoms in total. The molecule has 8 heteroatoms. The number of sulfonamides is 1. The summed E-state index contributed by atoms with van der Waals surface area (Å²) in [6.07, 6.45) is 1.23. The second kappa shape index (κ2) is 6.17. The van der Waals surface area contributed by atoms with E-state index in [0.717, 1.165) is 17.0 Å². The molecule has 0 bridgehead atoms. The molecule has 116 valence electrons. The highest BCUT2D eigenvalue weighted by Crippen LogP contribution is 2.27. The van der Waals surface area contributed by atoms with Crippen LogP contribution in [0, 0.1) is 0 Å². The molecule has 1 heterocycles. The zero-order chi connectivity index (χ0) is 15.6. The first-order valence-electron chi connectivity index (χ1n) is 6.51. The SMILES string of the molecule is COc1ccc(C(N)=S)c(N2CCN(S(C)(=O)=O)CC2)c1. The van der Waals surface area contributed by atoms with Gasteiger partial charge in [0.05, 0.1) is 19.1 Å². The summed E-state index contributed by atoms with van der Waals surface area (Å²) in [6, 6.07) is 5.52. The first-order valence-corrected chi connectivity index (χ1v) is 8.76. The molecule has 0 aliphatic carbocycles. The van der Waals surface area contributed by atoms with Gasteiger partial charge in [-0.3, -0.25) is 0 Å². The van der Waals surface area contributed by atoms with E-state index in [2.05, 4.69) is 4.90 Å². The van der Waals surface area contributed by atoms with E-state index < -0.39 is 10.0 Å². The van der Waals surface area contributed by atoms with E-state index in [1.165, 1.54) is 10.6 Å². The van der Waals surface area contributed by atoms with Gasteiger partial charge >= 0.3 is 0 Å². The molecular weight excluding hydrogens is 310 g/mol. The third kappa shape index (κ3) is 3.63. The number of anilines is 1. The second-order valence-corrected chi connectivity index (χ2v) is 7.32. The Labute approximate surface area is 130 Å². The van der Waals surface area contributed by atoms with Gasteiger partial charge < -0.3 is 15.4 Å². The van der Waals surface area contributed by atoms with E-state index in [1.807, 2.05) is 18.2 Å². The van der Waals surface area contributed by atoms with Crippen molar-refractivity contribution in [1.82, 2.24) is 4.31 Å². The quantitative estimate of drug-likeness (QED) is 0.807. The number of ether oxygens (including phenoxy) is 1. The Morgan fingerprint density at radius 1 is 1.29 bits per heavy atom. The van der Waals surface area contributed by atoms with Gasteiger partial charge in [-0.15, -0.1) is 0 Å². The molecule has 0 spiro atoms. The van der Waals surface area contributed by atoms with E-state index in [4.69, 9.17) is 22.7 Å². The van der Waals surface area contributed by atoms with Crippen LogP contribution in [0.15, 0.2) is 18.2 Å². The van der Waals surface area contributed by atoms with Gasteiger partial charge in [0.15, 0.2) is 0 Å². The topological polar surface area (TPSA) is 75.9 Å². The van der Waals surface area contributed by atoms with Crippen molar-refractivity contribution in [2.75, 3.05) is 44.4 Å². The lowest BCUT2D eigenvalue weighted by atomic mass is 10.1. The molecule has 1 aliphatic heterocycles. The highest BCUT2D eigenvalue weighted by molar-refractivity contribution is 7.88. The zero-order valence-electron chi connectivity index (χ0n) is 12.1. The summed E-state index contributed by atoms with van der Waals surface area (Å²) in [5.41, 5.74) is 7.43. The van der Waals surface area contributed by atoms with Gasteiger partial charge in [0.1, 0.15) is 10.7 Å². The van der Waals surface area contributed by atoms with Crippen LogP contribution < -0.4 is 15.4 Å². The second-order valence-electron chi connectivity index (χ2n) is 4.90. The number of thiocarbonyl (C=S) groups is 1. The maximum atomic E-state index is 11.6. The minimum absolute atomic E-state index is 0.318. The van der Waals surface area contributed by atoms with E-state index >= 15 is 0 Å². The number of rotatable bonds is 4. The fourth-order valence-electron chi connectivity index (χ4n) is 2.37. The Balaban J connectivity index is 2.25. The molecule has 0 amide bonds. The molecule has 2 rings (SSSR count). The number of nitrogens with zero attached hydrogens (tertiary/aromatic N) is 2. The van der Waals surface area contributed by atoms with Gasteiger partial charge in [-0.1, -0.05) is 12.2 Å². The van der Waals surface area contributed by atoms with Crippen LogP contribution in [0.5, 0.6) is 5.75 Å². The number of benzene rings is 1. The predicted octanol–water partition coefficient (Wildman–Crippen LogP) is 0.411. The molecule has 0 radical (unpaired) electrons. The summed E-state index contributed by atoms with van der Waals surface area (Å²) in [7, 11) is -1.54. The largest absolute Gasteiger partial charge is 0.497 e. The van der Waals surface area contributed by atoms with Crippen molar-refractivity contribution >= 4 is 32.9 Å². The molecule has 1 aromatic carbocycles. The number of nitrogens with two attached hydrogens (primary N) is 1. The molecule has 0 saturated carbocycles. The Hall–Kier alpha value is -1.38. The van der Waals surface area contributed by atoms with E-state index in [9.17, 15) is 8.42 Å². The molecule has 0 unspecified atom stereocenters. The van der Waals surface area contributed by atoms with Gasteiger partial charge in [0, 0.05) is 37.8 Å². The third-order valence-electron chi connectivity index (χ3n) is 3.52. The number of hydrogen-bond acceptors (Lipinski definition) is 5. The van der Waals surface area contributed by atoms with Crippen LogP contribution >= 0.6 is 12.2 Å². The first kappa shape index (κ1) is 16.0. The van der Waals surface area contributed by atoms with E-state index in [1.54, 1.807) is 7.11 Å². The van der Waals surface area contributed by atoms with Crippen LogP contribution in [0.25, 0.3) is 0 Å². The lowest BCUT2D eigenvalue weighted by Gasteiger charge is -2.35. The lowest BCUT2D eigenvalue weighted by Crippen LogP contribution is -2.48. The van der Waals surface area contributed by atoms with Crippen LogP contribution in [0.4, 0.5) is 5.69 Å². The fraction of sp³-hybridized carbons (Fsp3) is 0.462. The maximum Gasteiger partial charge on any atom is 0.211 e. The highest BCUT2D eigenvalue weighted by atomic mass is 32.2. The van der Waals surface area contributed by atoms with Crippen molar-refractivity contribution in [2.24, 2.45) is 5.73 Å². The van der Waals surface area contributed by atoms with Crippen molar-refractivity contribution < 1.29 is 13.2 Å². The molecule has 2 N–H and O–H groups in total. The molecule has 21 heavy (non-hydrogen) atoms. The zero-order valence-corrected chi connectivity index (χ0v) is 13.7. The smallest absolute Gasteiger partial charge is 0.211 e. The van der Waals surface area contributed by atoms with Crippen molar-refractivity contribution in [3.8, 4) is 5.75 Å². The highest BCUT2D eigenvalue weighted by Gasteiger charge is 2.25. The fourth-order valence-corrected chi connectivity index (χ4v) is 3.37. The normalized spacial score (nSPS) is 16.8. The number of hydrogen-bond donors (Lipinski definition) is 1. The Morgan fingerprint density at radius 3 is 2.38 bits per heavy atom. The summed E-state index contributed by atoms with van der Waals surface area (Å²) < 4.78 is 29.8. The molecule has 1 fully saturated rings. The average Bonchev–Trinajstić information content (AvgIpc) is 2.45.